The summed E-state index contributed by atoms with van der Waals surface area (Å²) in [6, 6.07) is 0. The molecule has 1 N–H and O–H groups in total. The third kappa shape index (κ3) is 3.21. The van der Waals surface area contributed by atoms with Crippen molar-refractivity contribution in [3.8, 4) is 0 Å². The van der Waals surface area contributed by atoms with Gasteiger partial charge in [0, 0.05) is 43.3 Å². The Balaban J connectivity index is 1.52. The molecule has 3 nitrogen and oxygen atoms in total. The summed E-state index contributed by atoms with van der Waals surface area (Å²) < 4.78 is 6.07. The van der Waals surface area contributed by atoms with E-state index in [0.717, 1.165) is 19.1 Å². The van der Waals surface area contributed by atoms with E-state index < -0.39 is 0 Å². The zero-order chi connectivity index (χ0) is 12.3. The highest BCUT2D eigenvalue weighted by molar-refractivity contribution is 8.00. The van der Waals surface area contributed by atoms with Crippen molar-refractivity contribution in [2.24, 2.45) is 5.92 Å². The molecule has 0 atom stereocenters. The molecule has 0 aromatic carbocycles. The van der Waals surface area contributed by atoms with Gasteiger partial charge in [0.05, 0.1) is 0 Å². The minimum absolute atomic E-state index is 0.531. The molecule has 0 saturated carbocycles. The van der Waals surface area contributed by atoms with Crippen molar-refractivity contribution in [1.82, 2.24) is 10.2 Å². The van der Waals surface area contributed by atoms with Crippen LogP contribution in [0.15, 0.2) is 0 Å². The van der Waals surface area contributed by atoms with Gasteiger partial charge in [-0.05, 0) is 44.7 Å². The molecule has 18 heavy (non-hydrogen) atoms. The van der Waals surface area contributed by atoms with Crippen molar-refractivity contribution in [2.75, 3.05) is 51.7 Å². The Bertz CT molecular complexity index is 257. The van der Waals surface area contributed by atoms with Gasteiger partial charge in [0.25, 0.3) is 0 Å². The van der Waals surface area contributed by atoms with E-state index in [-0.39, 0.29) is 0 Å². The number of rotatable bonds is 2. The van der Waals surface area contributed by atoms with E-state index in [4.69, 9.17) is 4.74 Å². The Hall–Kier alpha value is 0.230. The topological polar surface area (TPSA) is 24.5 Å². The monoisotopic (exact) mass is 270 g/mol. The molecular weight excluding hydrogens is 244 g/mol. The molecule has 4 heteroatoms. The molecule has 0 bridgehead atoms. The Labute approximate surface area is 115 Å². The predicted octanol–water partition coefficient (Wildman–Crippen LogP) is 1.58. The number of piperidine rings is 1. The van der Waals surface area contributed by atoms with Crippen LogP contribution in [-0.4, -0.2) is 61.3 Å². The maximum absolute atomic E-state index is 5.54. The van der Waals surface area contributed by atoms with Crippen LogP contribution in [0.4, 0.5) is 0 Å². The van der Waals surface area contributed by atoms with Gasteiger partial charge in [-0.1, -0.05) is 0 Å². The van der Waals surface area contributed by atoms with Gasteiger partial charge in [-0.2, -0.15) is 11.8 Å². The van der Waals surface area contributed by atoms with Crippen LogP contribution < -0.4 is 5.32 Å². The van der Waals surface area contributed by atoms with Gasteiger partial charge in [-0.15, -0.1) is 0 Å². The van der Waals surface area contributed by atoms with Crippen LogP contribution in [-0.2, 0) is 4.74 Å². The van der Waals surface area contributed by atoms with Gasteiger partial charge in [-0.25, -0.2) is 0 Å². The molecule has 3 saturated heterocycles. The lowest BCUT2D eigenvalue weighted by molar-refractivity contribution is 0.0603. The van der Waals surface area contributed by atoms with E-state index in [0.29, 0.717) is 4.75 Å². The maximum Gasteiger partial charge on any atom is 0.0479 e. The number of nitrogens with zero attached hydrogens (tertiary/aromatic N) is 1. The molecule has 0 unspecified atom stereocenters. The second-order valence-electron chi connectivity index (χ2n) is 6.07. The van der Waals surface area contributed by atoms with E-state index in [2.05, 4.69) is 22.0 Å². The smallest absolute Gasteiger partial charge is 0.0479 e. The average molecular weight is 270 g/mol. The Kier molecular flexibility index (Phi) is 4.50. The van der Waals surface area contributed by atoms with Crippen LogP contribution in [0, 0.1) is 5.92 Å². The third-order valence-corrected chi connectivity index (χ3v) is 6.24. The highest BCUT2D eigenvalue weighted by Gasteiger charge is 2.38. The van der Waals surface area contributed by atoms with Gasteiger partial charge >= 0.3 is 0 Å². The predicted molar refractivity (Wildman–Crippen MR) is 77.3 cm³/mol. The number of nitrogens with one attached hydrogen (secondary N) is 1. The molecule has 3 heterocycles. The summed E-state index contributed by atoms with van der Waals surface area (Å²) in [5, 5.41) is 3.47. The average Bonchev–Trinajstić information content (AvgIpc) is 2.41. The van der Waals surface area contributed by atoms with Crippen molar-refractivity contribution in [3.63, 3.8) is 0 Å². The number of hydrogen-bond acceptors (Lipinski definition) is 4. The van der Waals surface area contributed by atoms with E-state index in [1.807, 2.05) is 0 Å². The van der Waals surface area contributed by atoms with E-state index in [9.17, 15) is 0 Å². The van der Waals surface area contributed by atoms with Crippen LogP contribution in [0.1, 0.15) is 25.7 Å². The van der Waals surface area contributed by atoms with Crippen LogP contribution in [0.5, 0.6) is 0 Å². The molecule has 0 aromatic heterocycles. The first-order valence-electron chi connectivity index (χ1n) is 7.51. The van der Waals surface area contributed by atoms with Gasteiger partial charge in [0.1, 0.15) is 0 Å². The summed E-state index contributed by atoms with van der Waals surface area (Å²) >= 11 is 2.22. The fourth-order valence-corrected chi connectivity index (χ4v) is 5.07. The number of ether oxygens (including phenoxy) is 1. The fraction of sp³-hybridized carbons (Fsp3) is 1.00. The molecule has 0 aliphatic carbocycles. The highest BCUT2D eigenvalue weighted by Crippen LogP contribution is 2.39. The lowest BCUT2D eigenvalue weighted by atomic mass is 9.94. The molecule has 104 valence electrons. The molecule has 1 spiro atoms. The van der Waals surface area contributed by atoms with Gasteiger partial charge < -0.3 is 15.0 Å². The SMILES string of the molecule is C1CC(CN2CCSC3(CCOCC3)C2)CCN1. The molecule has 0 radical (unpaired) electrons. The highest BCUT2D eigenvalue weighted by atomic mass is 32.2. The second-order valence-corrected chi connectivity index (χ2v) is 7.64. The minimum atomic E-state index is 0.531. The molecule has 0 aromatic rings. The van der Waals surface area contributed by atoms with Crippen molar-refractivity contribution in [2.45, 2.75) is 30.4 Å². The normalized spacial score (nSPS) is 30.7. The quantitative estimate of drug-likeness (QED) is 0.823. The number of thioether (sulfide) groups is 1. The summed E-state index contributed by atoms with van der Waals surface area (Å²) in [7, 11) is 0. The standard InChI is InChI=1S/C14H26N2OS/c1-5-15-6-2-13(1)11-16-7-10-18-14(12-16)3-8-17-9-4-14/h13,15H,1-12H2. The van der Waals surface area contributed by atoms with Crippen LogP contribution in [0.2, 0.25) is 0 Å². The van der Waals surface area contributed by atoms with Gasteiger partial charge in [0.15, 0.2) is 0 Å². The molecule has 3 fully saturated rings. The van der Waals surface area contributed by atoms with Crippen LogP contribution >= 0.6 is 11.8 Å². The minimum Gasteiger partial charge on any atom is -0.381 e. The first-order valence-corrected chi connectivity index (χ1v) is 8.50. The van der Waals surface area contributed by atoms with Crippen molar-refractivity contribution < 1.29 is 4.74 Å². The Morgan fingerprint density at radius 2 is 2.00 bits per heavy atom. The van der Waals surface area contributed by atoms with Crippen LogP contribution in [0.25, 0.3) is 0 Å². The third-order valence-electron chi connectivity index (χ3n) is 4.71. The van der Waals surface area contributed by atoms with Gasteiger partial charge in [-0.3, -0.25) is 0 Å². The fourth-order valence-electron chi connectivity index (χ4n) is 3.55. The maximum atomic E-state index is 5.54. The first-order chi connectivity index (χ1) is 8.86. The number of hydrogen-bond donors (Lipinski definition) is 1. The Morgan fingerprint density at radius 1 is 1.22 bits per heavy atom. The summed E-state index contributed by atoms with van der Waals surface area (Å²) in [5.41, 5.74) is 0. The second kappa shape index (κ2) is 6.12. The van der Waals surface area contributed by atoms with Crippen molar-refractivity contribution in [3.05, 3.63) is 0 Å². The summed E-state index contributed by atoms with van der Waals surface area (Å²) in [6.07, 6.45) is 5.28. The van der Waals surface area contributed by atoms with E-state index in [1.54, 1.807) is 0 Å². The van der Waals surface area contributed by atoms with Crippen molar-refractivity contribution in [1.29, 1.82) is 0 Å². The lowest BCUT2D eigenvalue weighted by Crippen LogP contribution is -2.51. The molecule has 3 aliphatic heterocycles. The van der Waals surface area contributed by atoms with Gasteiger partial charge in [0.2, 0.25) is 0 Å². The zero-order valence-corrected chi connectivity index (χ0v) is 12.1. The van der Waals surface area contributed by atoms with Crippen LogP contribution in [0.3, 0.4) is 0 Å². The summed E-state index contributed by atoms with van der Waals surface area (Å²) in [4.78, 5) is 2.75. The van der Waals surface area contributed by atoms with E-state index >= 15 is 0 Å². The zero-order valence-electron chi connectivity index (χ0n) is 11.3. The summed E-state index contributed by atoms with van der Waals surface area (Å²) in [6.45, 7) is 8.37. The Morgan fingerprint density at radius 3 is 2.78 bits per heavy atom. The molecular formula is C14H26N2OS. The molecule has 0 amide bonds. The van der Waals surface area contributed by atoms with Crippen molar-refractivity contribution >= 4 is 11.8 Å². The lowest BCUT2D eigenvalue weighted by Gasteiger charge is -2.45. The first kappa shape index (κ1) is 13.2. The summed E-state index contributed by atoms with van der Waals surface area (Å²) in [5.74, 6) is 2.26. The van der Waals surface area contributed by atoms with E-state index in [1.165, 1.54) is 64.2 Å². The molecule has 3 rings (SSSR count). The largest absolute Gasteiger partial charge is 0.381 e. The molecule has 3 aliphatic rings.